The van der Waals surface area contributed by atoms with Crippen LogP contribution in [0.4, 0.5) is 0 Å². The van der Waals surface area contributed by atoms with Crippen molar-refractivity contribution < 1.29 is 28.6 Å². The van der Waals surface area contributed by atoms with Crippen molar-refractivity contribution in [1.82, 2.24) is 13.7 Å². The highest BCUT2D eigenvalue weighted by Gasteiger charge is 2.16. The minimum atomic E-state index is -0.805. The Morgan fingerprint density at radius 2 is 0.816 bits per heavy atom. The molecule has 0 saturated carbocycles. The van der Waals surface area contributed by atoms with Gasteiger partial charge in [-0.2, -0.15) is 0 Å². The monoisotopic (exact) mass is 535 g/mol. The second kappa shape index (κ2) is 16.0. The molecule has 0 bridgehead atoms. The fourth-order valence-corrected chi connectivity index (χ4v) is 3.11. The first-order valence-corrected chi connectivity index (χ1v) is 12.3. The van der Waals surface area contributed by atoms with Crippen LogP contribution in [0.15, 0.2) is 50.8 Å². The minimum absolute atomic E-state index is 0.0433. The van der Waals surface area contributed by atoms with Gasteiger partial charge < -0.3 is 14.2 Å². The van der Waals surface area contributed by atoms with Crippen molar-refractivity contribution in [3.05, 3.63) is 67.9 Å². The van der Waals surface area contributed by atoms with Gasteiger partial charge in [0.05, 0.1) is 19.8 Å². The lowest BCUT2D eigenvalue weighted by molar-refractivity contribution is -0.139. The van der Waals surface area contributed by atoms with Gasteiger partial charge in [-0.15, -0.1) is 0 Å². The van der Waals surface area contributed by atoms with E-state index in [2.05, 4.69) is 19.7 Å². The van der Waals surface area contributed by atoms with E-state index in [0.717, 1.165) is 13.7 Å². The highest BCUT2D eigenvalue weighted by Crippen LogP contribution is 2.00. The van der Waals surface area contributed by atoms with E-state index < -0.39 is 35.0 Å². The maximum atomic E-state index is 13.0. The first-order valence-electron chi connectivity index (χ1n) is 12.3. The molecule has 1 rings (SSSR count). The molecule has 1 aromatic rings. The maximum Gasteiger partial charge on any atom is 0.336 e. The van der Waals surface area contributed by atoms with Crippen LogP contribution in [0.2, 0.25) is 0 Å². The lowest BCUT2D eigenvalue weighted by atomic mass is 10.2. The first kappa shape index (κ1) is 32.1. The van der Waals surface area contributed by atoms with Crippen molar-refractivity contribution >= 4 is 17.9 Å². The Kier molecular flexibility index (Phi) is 13.5. The van der Waals surface area contributed by atoms with E-state index in [1.807, 2.05) is 0 Å². The number of hydrogen-bond acceptors (Lipinski definition) is 9. The molecule has 12 nitrogen and oxygen atoms in total. The van der Waals surface area contributed by atoms with Gasteiger partial charge in [0.15, 0.2) is 0 Å². The molecule has 12 heteroatoms. The number of rotatable bonds is 17. The van der Waals surface area contributed by atoms with Gasteiger partial charge in [-0.3, -0.25) is 0 Å². The second-order valence-corrected chi connectivity index (χ2v) is 8.82. The molecule has 0 amide bonds. The Balaban J connectivity index is 3.00. The summed E-state index contributed by atoms with van der Waals surface area (Å²) in [5, 5.41) is 0. The van der Waals surface area contributed by atoms with Crippen LogP contribution >= 0.6 is 0 Å². The summed E-state index contributed by atoms with van der Waals surface area (Å²) in [5.74, 6) is -1.66. The van der Waals surface area contributed by atoms with Gasteiger partial charge in [0.1, 0.15) is 0 Å². The lowest BCUT2D eigenvalue weighted by Crippen LogP contribution is -2.54. The Morgan fingerprint density at radius 3 is 1.13 bits per heavy atom. The molecule has 0 fully saturated rings. The third-order valence-corrected chi connectivity index (χ3v) is 5.21. The molecule has 0 atom stereocenters. The third-order valence-electron chi connectivity index (χ3n) is 5.21. The second-order valence-electron chi connectivity index (χ2n) is 8.82. The summed E-state index contributed by atoms with van der Waals surface area (Å²) in [6.45, 7) is 15.0. The van der Waals surface area contributed by atoms with E-state index in [0.29, 0.717) is 24.8 Å². The molecule has 0 unspecified atom stereocenters. The zero-order valence-electron chi connectivity index (χ0n) is 22.4. The van der Waals surface area contributed by atoms with Crippen molar-refractivity contribution in [2.24, 2.45) is 0 Å². The molecule has 1 aromatic heterocycles. The molecule has 0 aromatic carbocycles. The SMILES string of the molecule is C=C(C)C(=O)OCCCCCn1c(=O)n(CCCOC(=O)C(=C)C)c(=O)n(CCCOC(=O)C(=C)C)c1=O. The molecule has 38 heavy (non-hydrogen) atoms. The molecular formula is C26H37N3O9. The normalized spacial score (nSPS) is 10.5. The van der Waals surface area contributed by atoms with Gasteiger partial charge in [0.25, 0.3) is 0 Å². The summed E-state index contributed by atoms with van der Waals surface area (Å²) < 4.78 is 17.9. The number of aromatic nitrogens is 3. The van der Waals surface area contributed by atoms with Gasteiger partial charge in [-0.05, 0) is 52.9 Å². The first-order chi connectivity index (χ1) is 17.9. The fourth-order valence-electron chi connectivity index (χ4n) is 3.11. The number of nitrogens with zero attached hydrogens (tertiary/aromatic N) is 3. The lowest BCUT2D eigenvalue weighted by Gasteiger charge is -2.14. The molecule has 0 aliphatic rings. The standard InChI is InChI=1S/C26H37N3O9/c1-18(2)21(30)36-15-9-7-8-12-27-24(33)28(13-10-16-37-22(31)19(3)4)26(35)29(25(27)34)14-11-17-38-23(32)20(5)6/h1,3,5,7-17H2,2,4,6H3. The highest BCUT2D eigenvalue weighted by atomic mass is 16.5. The predicted octanol–water partition coefficient (Wildman–Crippen LogP) is 1.48. The topological polar surface area (TPSA) is 145 Å². The summed E-state index contributed by atoms with van der Waals surface area (Å²) in [7, 11) is 0. The van der Waals surface area contributed by atoms with Gasteiger partial charge in [0, 0.05) is 36.4 Å². The molecule has 0 radical (unpaired) electrons. The van der Waals surface area contributed by atoms with Crippen LogP contribution in [0.3, 0.4) is 0 Å². The van der Waals surface area contributed by atoms with Gasteiger partial charge >= 0.3 is 35.0 Å². The van der Waals surface area contributed by atoms with E-state index in [9.17, 15) is 28.8 Å². The molecule has 0 aliphatic heterocycles. The van der Waals surface area contributed by atoms with Gasteiger partial charge in [0.2, 0.25) is 0 Å². The van der Waals surface area contributed by atoms with Crippen LogP contribution in [0.1, 0.15) is 52.9 Å². The van der Waals surface area contributed by atoms with Crippen LogP contribution in [0.5, 0.6) is 0 Å². The average molecular weight is 536 g/mol. The summed E-state index contributed by atoms with van der Waals surface area (Å²) in [4.78, 5) is 73.6. The zero-order chi connectivity index (χ0) is 28.8. The number of carbonyl (C=O) groups excluding carboxylic acids is 3. The predicted molar refractivity (Wildman–Crippen MR) is 140 cm³/mol. The smallest absolute Gasteiger partial charge is 0.336 e. The van der Waals surface area contributed by atoms with Crippen molar-refractivity contribution in [3.8, 4) is 0 Å². The van der Waals surface area contributed by atoms with E-state index in [4.69, 9.17) is 14.2 Å². The third kappa shape index (κ3) is 10.2. The van der Waals surface area contributed by atoms with Crippen LogP contribution in [0, 0.1) is 0 Å². The molecule has 0 saturated heterocycles. The maximum absolute atomic E-state index is 13.0. The molecule has 0 N–H and O–H groups in total. The Morgan fingerprint density at radius 1 is 0.526 bits per heavy atom. The van der Waals surface area contributed by atoms with E-state index >= 15 is 0 Å². The highest BCUT2D eigenvalue weighted by molar-refractivity contribution is 5.87. The number of esters is 3. The molecule has 0 aliphatic carbocycles. The zero-order valence-corrected chi connectivity index (χ0v) is 22.4. The van der Waals surface area contributed by atoms with Gasteiger partial charge in [-0.1, -0.05) is 19.7 Å². The van der Waals surface area contributed by atoms with Crippen molar-refractivity contribution in [2.75, 3.05) is 19.8 Å². The van der Waals surface area contributed by atoms with Crippen molar-refractivity contribution in [2.45, 2.75) is 72.5 Å². The van der Waals surface area contributed by atoms with E-state index in [1.165, 1.54) is 13.8 Å². The minimum Gasteiger partial charge on any atom is -0.462 e. The van der Waals surface area contributed by atoms with E-state index in [-0.39, 0.29) is 63.4 Å². The van der Waals surface area contributed by atoms with Crippen LogP contribution in [0.25, 0.3) is 0 Å². The fraction of sp³-hybridized carbons (Fsp3) is 0.538. The summed E-state index contributed by atoms with van der Waals surface area (Å²) >= 11 is 0. The molecule has 0 spiro atoms. The largest absolute Gasteiger partial charge is 0.462 e. The Labute approximate surface area is 220 Å². The van der Waals surface area contributed by atoms with Crippen LogP contribution < -0.4 is 17.1 Å². The molecule has 210 valence electrons. The quantitative estimate of drug-likeness (QED) is 0.125. The van der Waals surface area contributed by atoms with Crippen LogP contribution in [-0.2, 0) is 48.2 Å². The average Bonchev–Trinajstić information content (AvgIpc) is 2.85. The number of ether oxygens (including phenoxy) is 3. The number of hydrogen-bond donors (Lipinski definition) is 0. The molecule has 1 heterocycles. The van der Waals surface area contributed by atoms with Crippen molar-refractivity contribution in [3.63, 3.8) is 0 Å². The summed E-state index contributed by atoms with van der Waals surface area (Å²) in [6, 6.07) is 0. The summed E-state index contributed by atoms with van der Waals surface area (Å²) in [6.07, 6.45) is 1.82. The van der Waals surface area contributed by atoms with Crippen LogP contribution in [-0.4, -0.2) is 51.4 Å². The molecular weight excluding hydrogens is 498 g/mol. The summed E-state index contributed by atoms with van der Waals surface area (Å²) in [5.41, 5.74) is -1.61. The van der Waals surface area contributed by atoms with Crippen molar-refractivity contribution in [1.29, 1.82) is 0 Å². The number of carbonyl (C=O) groups is 3. The van der Waals surface area contributed by atoms with E-state index in [1.54, 1.807) is 6.92 Å². The number of unbranched alkanes of at least 4 members (excludes halogenated alkanes) is 2. The Bertz CT molecular complexity index is 1160. The van der Waals surface area contributed by atoms with Gasteiger partial charge in [-0.25, -0.2) is 42.5 Å². The Hall–Kier alpha value is -3.96.